The first kappa shape index (κ1) is 14.9. The minimum atomic E-state index is -0.270. The fraction of sp³-hybridized carbons (Fsp3) is 0.308. The number of rotatable bonds is 4. The lowest BCUT2D eigenvalue weighted by molar-refractivity contribution is -0.115. The standard InChI is InChI=1S/C13H15ClN4OS/c1-8(20-13-17-16-9(2)18(13)3)12(19)15-11-6-4-10(14)5-7-11/h4-8H,1-3H3,(H,15,19). The van der Waals surface area contributed by atoms with E-state index >= 15 is 0 Å². The number of benzene rings is 1. The van der Waals surface area contributed by atoms with E-state index in [4.69, 9.17) is 11.6 Å². The number of aromatic nitrogens is 3. The molecule has 20 heavy (non-hydrogen) atoms. The number of carbonyl (C=O) groups excluding carboxylic acids is 1. The van der Waals surface area contributed by atoms with Crippen molar-refractivity contribution in [2.75, 3.05) is 5.32 Å². The Labute approximate surface area is 126 Å². The molecule has 0 bridgehead atoms. The molecule has 1 amide bonds. The average Bonchev–Trinajstić information content (AvgIpc) is 2.73. The van der Waals surface area contributed by atoms with Crippen LogP contribution in [0.25, 0.3) is 0 Å². The third kappa shape index (κ3) is 3.52. The number of amides is 1. The molecule has 0 aliphatic carbocycles. The molecule has 1 aromatic carbocycles. The van der Waals surface area contributed by atoms with Gasteiger partial charge in [0.1, 0.15) is 5.82 Å². The zero-order valence-electron chi connectivity index (χ0n) is 11.4. The molecule has 0 saturated heterocycles. The minimum absolute atomic E-state index is 0.0852. The summed E-state index contributed by atoms with van der Waals surface area (Å²) < 4.78 is 1.86. The van der Waals surface area contributed by atoms with Gasteiger partial charge in [0.25, 0.3) is 0 Å². The predicted octanol–water partition coefficient (Wildman–Crippen LogP) is 2.90. The van der Waals surface area contributed by atoms with Crippen molar-refractivity contribution in [3.05, 3.63) is 35.1 Å². The number of hydrogen-bond donors (Lipinski definition) is 1. The van der Waals surface area contributed by atoms with Gasteiger partial charge in [-0.25, -0.2) is 0 Å². The lowest BCUT2D eigenvalue weighted by atomic mass is 10.3. The lowest BCUT2D eigenvalue weighted by Gasteiger charge is -2.11. The van der Waals surface area contributed by atoms with Crippen molar-refractivity contribution in [1.82, 2.24) is 14.8 Å². The molecule has 5 nitrogen and oxygen atoms in total. The molecule has 1 N–H and O–H groups in total. The van der Waals surface area contributed by atoms with Gasteiger partial charge >= 0.3 is 0 Å². The van der Waals surface area contributed by atoms with Crippen LogP contribution in [-0.4, -0.2) is 25.9 Å². The van der Waals surface area contributed by atoms with Gasteiger partial charge in [0.15, 0.2) is 5.16 Å². The molecule has 1 aromatic heterocycles. The van der Waals surface area contributed by atoms with E-state index in [9.17, 15) is 4.79 Å². The summed E-state index contributed by atoms with van der Waals surface area (Å²) in [5, 5.41) is 11.9. The molecule has 2 aromatic rings. The Bertz CT molecular complexity index is 611. The van der Waals surface area contributed by atoms with Gasteiger partial charge in [-0.2, -0.15) is 0 Å². The van der Waals surface area contributed by atoms with E-state index in [1.165, 1.54) is 11.8 Å². The third-order valence-electron chi connectivity index (χ3n) is 2.82. The van der Waals surface area contributed by atoms with E-state index in [-0.39, 0.29) is 11.2 Å². The highest BCUT2D eigenvalue weighted by atomic mass is 35.5. The number of halogens is 1. The van der Waals surface area contributed by atoms with Crippen LogP contribution in [0, 0.1) is 6.92 Å². The molecular formula is C13H15ClN4OS. The maximum absolute atomic E-state index is 12.1. The summed E-state index contributed by atoms with van der Waals surface area (Å²) in [6.45, 7) is 3.70. The van der Waals surface area contributed by atoms with Crippen molar-refractivity contribution in [2.45, 2.75) is 24.3 Å². The minimum Gasteiger partial charge on any atom is -0.325 e. The summed E-state index contributed by atoms with van der Waals surface area (Å²) in [6, 6.07) is 7.01. The highest BCUT2D eigenvalue weighted by molar-refractivity contribution is 8.00. The van der Waals surface area contributed by atoms with Gasteiger partial charge < -0.3 is 9.88 Å². The summed E-state index contributed by atoms with van der Waals surface area (Å²) in [5.74, 6) is 0.732. The summed E-state index contributed by atoms with van der Waals surface area (Å²) in [5.41, 5.74) is 0.723. The van der Waals surface area contributed by atoms with E-state index < -0.39 is 0 Å². The largest absolute Gasteiger partial charge is 0.325 e. The molecule has 0 saturated carbocycles. The van der Waals surface area contributed by atoms with Crippen molar-refractivity contribution in [3.63, 3.8) is 0 Å². The average molecular weight is 311 g/mol. The first-order chi connectivity index (χ1) is 9.47. The molecule has 0 spiro atoms. The van der Waals surface area contributed by atoms with E-state index in [0.717, 1.165) is 16.7 Å². The van der Waals surface area contributed by atoms with Gasteiger partial charge in [-0.05, 0) is 38.1 Å². The highest BCUT2D eigenvalue weighted by Gasteiger charge is 2.18. The van der Waals surface area contributed by atoms with Crippen LogP contribution in [0.1, 0.15) is 12.7 Å². The summed E-state index contributed by atoms with van der Waals surface area (Å²) in [6.07, 6.45) is 0. The molecule has 0 aliphatic rings. The molecule has 1 heterocycles. The molecule has 0 aliphatic heterocycles. The Morgan fingerprint density at radius 3 is 2.55 bits per heavy atom. The van der Waals surface area contributed by atoms with Gasteiger partial charge in [0.2, 0.25) is 5.91 Å². The van der Waals surface area contributed by atoms with Gasteiger partial charge in [0, 0.05) is 17.8 Å². The van der Waals surface area contributed by atoms with Crippen molar-refractivity contribution in [3.8, 4) is 0 Å². The quantitative estimate of drug-likeness (QED) is 0.882. The zero-order chi connectivity index (χ0) is 14.7. The Hall–Kier alpha value is -1.53. The maximum atomic E-state index is 12.1. The SMILES string of the molecule is Cc1nnc(SC(C)C(=O)Nc2ccc(Cl)cc2)n1C. The Morgan fingerprint density at radius 2 is 2.00 bits per heavy atom. The fourth-order valence-corrected chi connectivity index (χ4v) is 2.47. The Morgan fingerprint density at radius 1 is 1.35 bits per heavy atom. The number of hydrogen-bond acceptors (Lipinski definition) is 4. The normalized spacial score (nSPS) is 12.2. The maximum Gasteiger partial charge on any atom is 0.237 e. The number of nitrogens with one attached hydrogen (secondary N) is 1. The van der Waals surface area contributed by atoms with Crippen molar-refractivity contribution >= 4 is 35.0 Å². The topological polar surface area (TPSA) is 59.8 Å². The first-order valence-corrected chi connectivity index (χ1v) is 7.32. The predicted molar refractivity (Wildman–Crippen MR) is 81.1 cm³/mol. The molecular weight excluding hydrogens is 296 g/mol. The lowest BCUT2D eigenvalue weighted by Crippen LogP contribution is -2.22. The number of nitrogens with zero attached hydrogens (tertiary/aromatic N) is 3. The molecule has 7 heteroatoms. The first-order valence-electron chi connectivity index (χ1n) is 6.06. The van der Waals surface area contributed by atoms with Gasteiger partial charge in [-0.1, -0.05) is 23.4 Å². The van der Waals surface area contributed by atoms with Crippen molar-refractivity contribution in [2.24, 2.45) is 7.05 Å². The van der Waals surface area contributed by atoms with Crippen LogP contribution in [-0.2, 0) is 11.8 Å². The van der Waals surface area contributed by atoms with E-state index in [1.54, 1.807) is 24.3 Å². The van der Waals surface area contributed by atoms with Crippen LogP contribution in [0.15, 0.2) is 29.4 Å². The fourth-order valence-electron chi connectivity index (χ4n) is 1.48. The number of thioether (sulfide) groups is 1. The Balaban J connectivity index is 1.98. The van der Waals surface area contributed by atoms with Crippen LogP contribution >= 0.6 is 23.4 Å². The van der Waals surface area contributed by atoms with E-state index in [0.29, 0.717) is 5.02 Å². The second kappa shape index (κ2) is 6.28. The molecule has 2 rings (SSSR count). The van der Waals surface area contributed by atoms with Crippen LogP contribution in [0.3, 0.4) is 0 Å². The zero-order valence-corrected chi connectivity index (χ0v) is 13.0. The molecule has 106 valence electrons. The van der Waals surface area contributed by atoms with Gasteiger partial charge in [-0.15, -0.1) is 10.2 Å². The molecule has 1 unspecified atom stereocenters. The van der Waals surface area contributed by atoms with Crippen molar-refractivity contribution in [1.29, 1.82) is 0 Å². The highest BCUT2D eigenvalue weighted by Crippen LogP contribution is 2.22. The second-order valence-corrected chi connectivity index (χ2v) is 6.09. The van der Waals surface area contributed by atoms with Crippen LogP contribution in [0.2, 0.25) is 5.02 Å². The smallest absolute Gasteiger partial charge is 0.237 e. The van der Waals surface area contributed by atoms with Crippen LogP contribution < -0.4 is 5.32 Å². The Kier molecular flexibility index (Phi) is 4.67. The van der Waals surface area contributed by atoms with Crippen molar-refractivity contribution < 1.29 is 4.79 Å². The number of aryl methyl sites for hydroxylation is 1. The third-order valence-corrected chi connectivity index (χ3v) is 4.20. The van der Waals surface area contributed by atoms with Gasteiger partial charge in [0.05, 0.1) is 5.25 Å². The summed E-state index contributed by atoms with van der Waals surface area (Å²) in [7, 11) is 1.88. The van der Waals surface area contributed by atoms with E-state index in [1.807, 2.05) is 25.5 Å². The second-order valence-electron chi connectivity index (χ2n) is 4.35. The number of anilines is 1. The summed E-state index contributed by atoms with van der Waals surface area (Å²) in [4.78, 5) is 12.1. The monoisotopic (exact) mass is 310 g/mol. The van der Waals surface area contributed by atoms with E-state index in [2.05, 4.69) is 15.5 Å². The molecule has 0 radical (unpaired) electrons. The molecule has 1 atom stereocenters. The van der Waals surface area contributed by atoms with Crippen LogP contribution in [0.4, 0.5) is 5.69 Å². The van der Waals surface area contributed by atoms with Crippen LogP contribution in [0.5, 0.6) is 0 Å². The molecule has 0 fully saturated rings. The van der Waals surface area contributed by atoms with Gasteiger partial charge in [-0.3, -0.25) is 4.79 Å². The number of carbonyl (C=O) groups is 1. The summed E-state index contributed by atoms with van der Waals surface area (Å²) >= 11 is 7.18.